The van der Waals surface area contributed by atoms with Gasteiger partial charge in [-0.25, -0.2) is 0 Å². The quantitative estimate of drug-likeness (QED) is 0.656. The van der Waals surface area contributed by atoms with Crippen molar-refractivity contribution < 1.29 is 0 Å². The molecule has 0 amide bonds. The second-order valence-electron chi connectivity index (χ2n) is 3.83. The van der Waals surface area contributed by atoms with E-state index in [0.717, 1.165) is 11.1 Å². The highest BCUT2D eigenvalue weighted by Gasteiger charge is 1.91. The van der Waals surface area contributed by atoms with E-state index in [4.69, 9.17) is 5.26 Å². The summed E-state index contributed by atoms with van der Waals surface area (Å²) in [6, 6.07) is 10.3. The van der Waals surface area contributed by atoms with Crippen LogP contribution in [0.25, 0.3) is 12.2 Å². The Balaban J connectivity index is 2.92. The molecule has 1 aromatic carbocycles. The summed E-state index contributed by atoms with van der Waals surface area (Å²) in [6.07, 6.45) is 4.01. The van der Waals surface area contributed by atoms with Crippen LogP contribution in [0.5, 0.6) is 0 Å². The van der Waals surface area contributed by atoms with Crippen molar-refractivity contribution in [3.05, 3.63) is 46.5 Å². The van der Waals surface area contributed by atoms with Gasteiger partial charge in [0.25, 0.3) is 0 Å². The highest BCUT2D eigenvalue weighted by molar-refractivity contribution is 5.60. The lowest BCUT2D eigenvalue weighted by Gasteiger charge is -1.97. The molecular formula is C14H15N. The number of nitrogens with zero attached hydrogens (tertiary/aromatic N) is 1. The number of benzene rings is 1. The standard InChI is InChI=1S/C14H15N/c1-11(2)8-13-4-6-14(7-5-13)9-12(3)10-15/h4-9H,1-3H3/b12-9-. The Hall–Kier alpha value is -1.81. The van der Waals surface area contributed by atoms with Crippen molar-refractivity contribution in [3.8, 4) is 6.07 Å². The Kier molecular flexibility index (Phi) is 3.88. The van der Waals surface area contributed by atoms with Gasteiger partial charge in [0.15, 0.2) is 0 Å². The number of hydrogen-bond acceptors (Lipinski definition) is 1. The molecule has 0 spiro atoms. The zero-order chi connectivity index (χ0) is 11.3. The zero-order valence-corrected chi connectivity index (χ0v) is 9.41. The first kappa shape index (κ1) is 11.3. The van der Waals surface area contributed by atoms with Gasteiger partial charge in [-0.3, -0.25) is 0 Å². The molecule has 1 rings (SSSR count). The first-order valence-electron chi connectivity index (χ1n) is 4.95. The van der Waals surface area contributed by atoms with Crippen molar-refractivity contribution in [2.75, 3.05) is 0 Å². The molecule has 0 aliphatic heterocycles. The maximum absolute atomic E-state index is 8.64. The first-order chi connectivity index (χ1) is 7.11. The summed E-state index contributed by atoms with van der Waals surface area (Å²) in [5.74, 6) is 0. The molecule has 0 saturated heterocycles. The zero-order valence-electron chi connectivity index (χ0n) is 9.41. The molecule has 76 valence electrons. The molecule has 0 atom stereocenters. The van der Waals surface area contributed by atoms with Crippen molar-refractivity contribution in [2.24, 2.45) is 0 Å². The lowest BCUT2D eigenvalue weighted by Crippen LogP contribution is -1.77. The van der Waals surface area contributed by atoms with Crippen LogP contribution in [0.15, 0.2) is 35.4 Å². The normalized spacial score (nSPS) is 10.7. The summed E-state index contributed by atoms with van der Waals surface area (Å²) in [6.45, 7) is 5.96. The van der Waals surface area contributed by atoms with Crippen LogP contribution in [0.4, 0.5) is 0 Å². The van der Waals surface area contributed by atoms with Gasteiger partial charge in [0.2, 0.25) is 0 Å². The summed E-state index contributed by atoms with van der Waals surface area (Å²) in [7, 11) is 0. The molecule has 0 saturated carbocycles. The van der Waals surface area contributed by atoms with Gasteiger partial charge in [-0.2, -0.15) is 5.26 Å². The third-order valence-corrected chi connectivity index (χ3v) is 1.95. The maximum Gasteiger partial charge on any atom is 0.0944 e. The van der Waals surface area contributed by atoms with E-state index >= 15 is 0 Å². The molecule has 0 radical (unpaired) electrons. The van der Waals surface area contributed by atoms with Gasteiger partial charge in [0.05, 0.1) is 6.07 Å². The van der Waals surface area contributed by atoms with Crippen LogP contribution in [-0.4, -0.2) is 0 Å². The van der Waals surface area contributed by atoms with Crippen LogP contribution >= 0.6 is 0 Å². The van der Waals surface area contributed by atoms with Gasteiger partial charge in [-0.05, 0) is 38.0 Å². The van der Waals surface area contributed by atoms with Gasteiger partial charge in [0.1, 0.15) is 0 Å². The van der Waals surface area contributed by atoms with E-state index in [9.17, 15) is 0 Å². The molecule has 0 aliphatic carbocycles. The number of hydrogen-bond donors (Lipinski definition) is 0. The summed E-state index contributed by atoms with van der Waals surface area (Å²) in [5.41, 5.74) is 4.28. The smallest absolute Gasteiger partial charge is 0.0944 e. The molecule has 0 unspecified atom stereocenters. The minimum Gasteiger partial charge on any atom is -0.193 e. The Morgan fingerprint density at radius 1 is 1.00 bits per heavy atom. The third-order valence-electron chi connectivity index (χ3n) is 1.95. The molecule has 0 N–H and O–H groups in total. The Labute approximate surface area is 91.4 Å². The van der Waals surface area contributed by atoms with Crippen LogP contribution in [0.1, 0.15) is 31.9 Å². The summed E-state index contributed by atoms with van der Waals surface area (Å²) >= 11 is 0. The monoisotopic (exact) mass is 197 g/mol. The van der Waals surface area contributed by atoms with Crippen molar-refractivity contribution in [1.82, 2.24) is 0 Å². The summed E-state index contributed by atoms with van der Waals surface area (Å²) in [5, 5.41) is 8.64. The van der Waals surface area contributed by atoms with Crippen LogP contribution in [0.3, 0.4) is 0 Å². The molecule has 0 fully saturated rings. The van der Waals surface area contributed by atoms with Crippen LogP contribution < -0.4 is 0 Å². The highest BCUT2D eigenvalue weighted by Crippen LogP contribution is 2.11. The van der Waals surface area contributed by atoms with Crippen molar-refractivity contribution >= 4 is 12.2 Å². The van der Waals surface area contributed by atoms with E-state index in [2.05, 4.69) is 38.1 Å². The number of allylic oxidation sites excluding steroid dienone is 2. The van der Waals surface area contributed by atoms with Crippen LogP contribution in [0, 0.1) is 11.3 Å². The fraction of sp³-hybridized carbons (Fsp3) is 0.214. The SMILES string of the molecule is CC(C)=Cc1ccc(/C=C(/C)C#N)cc1. The fourth-order valence-electron chi connectivity index (χ4n) is 1.30. The fourth-order valence-corrected chi connectivity index (χ4v) is 1.30. The lowest BCUT2D eigenvalue weighted by atomic mass is 10.1. The van der Waals surface area contributed by atoms with Gasteiger partial charge in [0, 0.05) is 5.57 Å². The van der Waals surface area contributed by atoms with Gasteiger partial charge in [-0.1, -0.05) is 35.9 Å². The topological polar surface area (TPSA) is 23.8 Å². The highest BCUT2D eigenvalue weighted by atomic mass is 14.2. The van der Waals surface area contributed by atoms with Gasteiger partial charge in [-0.15, -0.1) is 0 Å². The molecule has 0 bridgehead atoms. The van der Waals surface area contributed by atoms with E-state index in [-0.39, 0.29) is 0 Å². The Morgan fingerprint density at radius 2 is 1.47 bits per heavy atom. The van der Waals surface area contributed by atoms with E-state index in [1.165, 1.54) is 11.1 Å². The molecular weight excluding hydrogens is 182 g/mol. The van der Waals surface area contributed by atoms with E-state index in [0.29, 0.717) is 0 Å². The molecule has 15 heavy (non-hydrogen) atoms. The average molecular weight is 197 g/mol. The van der Waals surface area contributed by atoms with Crippen LogP contribution in [0.2, 0.25) is 0 Å². The van der Waals surface area contributed by atoms with Crippen molar-refractivity contribution in [3.63, 3.8) is 0 Å². The number of nitriles is 1. The third kappa shape index (κ3) is 3.83. The van der Waals surface area contributed by atoms with E-state index < -0.39 is 0 Å². The molecule has 0 aromatic heterocycles. The number of rotatable bonds is 2. The molecule has 1 nitrogen and oxygen atoms in total. The molecule has 1 aromatic rings. The molecule has 0 aliphatic rings. The minimum atomic E-state index is 0.727. The van der Waals surface area contributed by atoms with E-state index in [1.807, 2.05) is 25.1 Å². The molecule has 1 heteroatoms. The largest absolute Gasteiger partial charge is 0.193 e. The van der Waals surface area contributed by atoms with Crippen LogP contribution in [-0.2, 0) is 0 Å². The second kappa shape index (κ2) is 5.17. The first-order valence-corrected chi connectivity index (χ1v) is 4.95. The lowest BCUT2D eigenvalue weighted by molar-refractivity contribution is 1.42. The second-order valence-corrected chi connectivity index (χ2v) is 3.83. The van der Waals surface area contributed by atoms with E-state index in [1.54, 1.807) is 0 Å². The summed E-state index contributed by atoms with van der Waals surface area (Å²) < 4.78 is 0. The molecule has 0 heterocycles. The Morgan fingerprint density at radius 3 is 1.87 bits per heavy atom. The predicted octanol–water partition coefficient (Wildman–Crippen LogP) is 4.04. The average Bonchev–Trinajstić information content (AvgIpc) is 2.20. The van der Waals surface area contributed by atoms with Crippen molar-refractivity contribution in [2.45, 2.75) is 20.8 Å². The van der Waals surface area contributed by atoms with Crippen molar-refractivity contribution in [1.29, 1.82) is 5.26 Å². The summed E-state index contributed by atoms with van der Waals surface area (Å²) in [4.78, 5) is 0. The Bertz CT molecular complexity index is 423. The maximum atomic E-state index is 8.64. The van der Waals surface area contributed by atoms with Gasteiger partial charge < -0.3 is 0 Å². The minimum absolute atomic E-state index is 0.727. The van der Waals surface area contributed by atoms with Gasteiger partial charge >= 0.3 is 0 Å². The predicted molar refractivity (Wildman–Crippen MR) is 65.0 cm³/mol.